The number of aromatic nitrogens is 2. The Kier molecular flexibility index (Phi) is 3.52. The van der Waals surface area contributed by atoms with Crippen molar-refractivity contribution in [2.24, 2.45) is 0 Å². The molecule has 6 nitrogen and oxygen atoms in total. The number of hydrogen-bond acceptors (Lipinski definition) is 3. The van der Waals surface area contributed by atoms with E-state index in [-0.39, 0.29) is 11.2 Å². The number of nitro groups is 1. The first kappa shape index (κ1) is 14.1. The molecule has 0 atom stereocenters. The molecule has 110 valence electrons. The van der Waals surface area contributed by atoms with Gasteiger partial charge in [0.05, 0.1) is 16.3 Å². The Hall–Kier alpha value is -2.86. The molecule has 0 amide bonds. The molecular weight excluding hydrogens is 306 g/mol. The summed E-state index contributed by atoms with van der Waals surface area (Å²) in [4.78, 5) is 22.2. The van der Waals surface area contributed by atoms with Gasteiger partial charge in [0.2, 0.25) is 0 Å². The lowest BCUT2D eigenvalue weighted by molar-refractivity contribution is -0.384. The number of benzene rings is 2. The maximum atomic E-state index is 12.1. The van der Waals surface area contributed by atoms with Crippen LogP contribution >= 0.6 is 11.6 Å². The van der Waals surface area contributed by atoms with E-state index in [9.17, 15) is 14.9 Å². The van der Waals surface area contributed by atoms with Crippen LogP contribution in [0.15, 0.2) is 59.4 Å². The topological polar surface area (TPSA) is 80.9 Å². The van der Waals surface area contributed by atoms with Crippen LogP contribution in [0, 0.1) is 10.1 Å². The van der Waals surface area contributed by atoms with Crippen LogP contribution in [-0.2, 0) is 0 Å². The summed E-state index contributed by atoms with van der Waals surface area (Å²) < 4.78 is 1.33. The lowest BCUT2D eigenvalue weighted by atomic mass is 10.2. The van der Waals surface area contributed by atoms with Gasteiger partial charge in [0.15, 0.2) is 0 Å². The fraction of sp³-hybridized carbons (Fsp3) is 0. The molecule has 0 radical (unpaired) electrons. The Bertz CT molecular complexity index is 880. The lowest BCUT2D eigenvalue weighted by Crippen LogP contribution is -2.13. The number of hydrogen-bond donors (Lipinski definition) is 1. The van der Waals surface area contributed by atoms with Crippen molar-refractivity contribution in [3.05, 3.63) is 80.1 Å². The van der Waals surface area contributed by atoms with E-state index in [0.29, 0.717) is 16.4 Å². The number of non-ortho nitro benzene ring substituents is 1. The molecule has 1 N–H and O–H groups in total. The van der Waals surface area contributed by atoms with Crippen LogP contribution in [0.3, 0.4) is 0 Å². The van der Waals surface area contributed by atoms with E-state index in [1.807, 2.05) is 0 Å². The van der Waals surface area contributed by atoms with Crippen molar-refractivity contribution in [3.63, 3.8) is 0 Å². The van der Waals surface area contributed by atoms with Gasteiger partial charge in [-0.1, -0.05) is 23.7 Å². The number of H-pyrrole nitrogens is 1. The molecule has 3 rings (SSSR count). The van der Waals surface area contributed by atoms with E-state index in [1.165, 1.54) is 35.0 Å². The van der Waals surface area contributed by atoms with Gasteiger partial charge in [-0.25, -0.2) is 4.68 Å². The summed E-state index contributed by atoms with van der Waals surface area (Å²) >= 11 is 5.84. The summed E-state index contributed by atoms with van der Waals surface area (Å²) in [6.07, 6.45) is 0. The van der Waals surface area contributed by atoms with Gasteiger partial charge in [-0.05, 0) is 29.8 Å². The molecule has 0 saturated heterocycles. The van der Waals surface area contributed by atoms with Gasteiger partial charge in [0.1, 0.15) is 0 Å². The van der Waals surface area contributed by atoms with Crippen molar-refractivity contribution in [2.75, 3.05) is 0 Å². The van der Waals surface area contributed by atoms with E-state index < -0.39 is 4.92 Å². The summed E-state index contributed by atoms with van der Waals surface area (Å²) in [5.41, 5.74) is 1.71. The number of halogens is 1. The molecule has 0 fully saturated rings. The summed E-state index contributed by atoms with van der Waals surface area (Å²) in [6.45, 7) is 0. The van der Waals surface area contributed by atoms with Crippen molar-refractivity contribution >= 4 is 17.3 Å². The number of nitro benzene ring substituents is 1. The molecule has 1 heterocycles. The van der Waals surface area contributed by atoms with Crippen LogP contribution in [0.4, 0.5) is 5.69 Å². The van der Waals surface area contributed by atoms with Crippen LogP contribution in [0.25, 0.3) is 16.9 Å². The molecule has 22 heavy (non-hydrogen) atoms. The highest BCUT2D eigenvalue weighted by atomic mass is 35.5. The normalized spacial score (nSPS) is 10.6. The monoisotopic (exact) mass is 315 g/mol. The molecule has 0 spiro atoms. The van der Waals surface area contributed by atoms with Crippen LogP contribution in [0.5, 0.6) is 0 Å². The van der Waals surface area contributed by atoms with Crippen LogP contribution in [0.1, 0.15) is 0 Å². The summed E-state index contributed by atoms with van der Waals surface area (Å²) in [7, 11) is 0. The third-order valence-corrected chi connectivity index (χ3v) is 3.45. The third kappa shape index (κ3) is 2.64. The molecule has 0 aliphatic heterocycles. The second-order valence-corrected chi connectivity index (χ2v) is 5.06. The van der Waals surface area contributed by atoms with Crippen molar-refractivity contribution < 1.29 is 4.92 Å². The molecule has 0 aliphatic carbocycles. The van der Waals surface area contributed by atoms with Crippen molar-refractivity contribution in [1.29, 1.82) is 0 Å². The number of nitrogens with one attached hydrogen (secondary N) is 1. The number of rotatable bonds is 3. The van der Waals surface area contributed by atoms with E-state index in [4.69, 9.17) is 11.6 Å². The molecule has 7 heteroatoms. The fourth-order valence-electron chi connectivity index (χ4n) is 2.09. The first-order chi connectivity index (χ1) is 10.5. The minimum Gasteiger partial charge on any atom is -0.290 e. The SMILES string of the molecule is O=c1cc(-c2ccc(Cl)cc2)[nH]n1-c1ccc([N+](=O)[O-])cc1. The zero-order valence-corrected chi connectivity index (χ0v) is 11.9. The average Bonchev–Trinajstić information content (AvgIpc) is 2.90. The van der Waals surface area contributed by atoms with E-state index in [0.717, 1.165) is 5.56 Å². The van der Waals surface area contributed by atoms with E-state index >= 15 is 0 Å². The second kappa shape index (κ2) is 5.50. The first-order valence-electron chi connectivity index (χ1n) is 6.37. The summed E-state index contributed by atoms with van der Waals surface area (Å²) in [5.74, 6) is 0. The third-order valence-electron chi connectivity index (χ3n) is 3.19. The van der Waals surface area contributed by atoms with Crippen molar-refractivity contribution in [2.45, 2.75) is 0 Å². The molecule has 0 unspecified atom stereocenters. The molecular formula is C15H10ClN3O3. The van der Waals surface area contributed by atoms with Crippen LogP contribution in [0.2, 0.25) is 5.02 Å². The Labute approximate surface area is 129 Å². The standard InChI is InChI=1S/C15H10ClN3O3/c16-11-3-1-10(2-4-11)14-9-15(20)18(17-14)12-5-7-13(8-6-12)19(21)22/h1-9,17H. The quantitative estimate of drug-likeness (QED) is 0.594. The van der Waals surface area contributed by atoms with Crippen LogP contribution < -0.4 is 5.56 Å². The Morgan fingerprint density at radius 2 is 1.68 bits per heavy atom. The summed E-state index contributed by atoms with van der Waals surface area (Å²) in [6, 6.07) is 14.3. The lowest BCUT2D eigenvalue weighted by Gasteiger charge is -2.02. The maximum Gasteiger partial charge on any atom is 0.271 e. The Balaban J connectivity index is 2.00. The molecule has 2 aromatic carbocycles. The van der Waals surface area contributed by atoms with Gasteiger partial charge in [-0.15, -0.1) is 0 Å². The maximum absolute atomic E-state index is 12.1. The zero-order valence-electron chi connectivity index (χ0n) is 11.2. The van der Waals surface area contributed by atoms with Gasteiger partial charge >= 0.3 is 0 Å². The van der Waals surface area contributed by atoms with Gasteiger partial charge < -0.3 is 0 Å². The molecule has 1 aromatic heterocycles. The Morgan fingerprint density at radius 1 is 1.05 bits per heavy atom. The zero-order chi connectivity index (χ0) is 15.7. The first-order valence-corrected chi connectivity index (χ1v) is 6.75. The van der Waals surface area contributed by atoms with Gasteiger partial charge in [-0.2, -0.15) is 0 Å². The van der Waals surface area contributed by atoms with Crippen molar-refractivity contribution in [3.8, 4) is 16.9 Å². The second-order valence-electron chi connectivity index (χ2n) is 4.62. The van der Waals surface area contributed by atoms with E-state index in [1.54, 1.807) is 24.3 Å². The highest BCUT2D eigenvalue weighted by Crippen LogP contribution is 2.20. The molecule has 0 bridgehead atoms. The van der Waals surface area contributed by atoms with E-state index in [2.05, 4.69) is 5.10 Å². The highest BCUT2D eigenvalue weighted by Gasteiger charge is 2.09. The average molecular weight is 316 g/mol. The molecule has 0 aliphatic rings. The predicted molar refractivity (Wildman–Crippen MR) is 83.5 cm³/mol. The smallest absolute Gasteiger partial charge is 0.271 e. The highest BCUT2D eigenvalue weighted by molar-refractivity contribution is 6.30. The summed E-state index contributed by atoms with van der Waals surface area (Å²) in [5, 5.41) is 14.2. The van der Waals surface area contributed by atoms with Gasteiger partial charge in [0.25, 0.3) is 11.2 Å². The predicted octanol–water partition coefficient (Wildman–Crippen LogP) is 3.39. The van der Waals surface area contributed by atoms with Crippen molar-refractivity contribution in [1.82, 2.24) is 9.78 Å². The minimum atomic E-state index is -0.486. The minimum absolute atomic E-state index is 0.0266. The van der Waals surface area contributed by atoms with Gasteiger partial charge in [0, 0.05) is 23.2 Å². The van der Waals surface area contributed by atoms with Gasteiger partial charge in [-0.3, -0.25) is 20.0 Å². The molecule has 0 saturated carbocycles. The largest absolute Gasteiger partial charge is 0.290 e. The molecule has 3 aromatic rings. The fourth-order valence-corrected chi connectivity index (χ4v) is 2.21. The number of nitrogens with zero attached hydrogens (tertiary/aromatic N) is 2. The Morgan fingerprint density at radius 3 is 2.27 bits per heavy atom. The number of aromatic amines is 1. The van der Waals surface area contributed by atoms with Crippen LogP contribution in [-0.4, -0.2) is 14.7 Å².